The molecule has 0 spiro atoms. The van der Waals surface area contributed by atoms with Crippen LogP contribution in [0.15, 0.2) is 120 Å². The van der Waals surface area contributed by atoms with E-state index in [-0.39, 0.29) is 37.3 Å². The van der Waals surface area contributed by atoms with E-state index in [1.807, 2.05) is 66.9 Å². The van der Waals surface area contributed by atoms with Gasteiger partial charge in [-0.1, -0.05) is 72.8 Å². The average molecular weight is 681 g/mol. The van der Waals surface area contributed by atoms with Crippen LogP contribution < -0.4 is 5.01 Å². The molecule has 1 aliphatic rings. The monoisotopic (exact) mass is 681 g/mol. The summed E-state index contributed by atoms with van der Waals surface area (Å²) in [6.07, 6.45) is 1.81. The Kier molecular flexibility index (Phi) is 8.41. The molecule has 0 saturated carbocycles. The number of aromatic nitrogens is 1. The van der Waals surface area contributed by atoms with E-state index in [1.54, 1.807) is 42.5 Å². The Bertz CT molecular complexity index is 1530. The largest absolute Gasteiger partial charge is 0.506 e. The number of rotatable bonds is 3. The fourth-order valence-electron chi connectivity index (χ4n) is 3.79. The molecule has 0 saturated heterocycles. The topological polar surface area (TPSA) is 65.8 Å². The Hall–Kier alpha value is -3.90. The number of hydrogen-bond acceptors (Lipinski definition) is 5. The summed E-state index contributed by atoms with van der Waals surface area (Å²) >= 11 is 1.73. The first-order valence-electron chi connectivity index (χ1n) is 11.4. The first-order chi connectivity index (χ1) is 17.6. The molecule has 5 nitrogen and oxygen atoms in total. The van der Waals surface area contributed by atoms with Crippen LogP contribution in [0.5, 0.6) is 0 Å². The van der Waals surface area contributed by atoms with Crippen molar-refractivity contribution in [2.24, 2.45) is 5.10 Å². The molecule has 3 heterocycles. The van der Waals surface area contributed by atoms with E-state index in [2.05, 4.69) is 34.4 Å². The third kappa shape index (κ3) is 5.75. The molecule has 6 rings (SSSR count). The first-order valence-corrected chi connectivity index (χ1v) is 12.2. The number of hydrazone groups is 1. The van der Waals surface area contributed by atoms with Crippen molar-refractivity contribution >= 4 is 44.5 Å². The number of para-hydroxylation sites is 1. The van der Waals surface area contributed by atoms with Crippen LogP contribution in [0.3, 0.4) is 0 Å². The van der Waals surface area contributed by atoms with Gasteiger partial charge in [-0.15, -0.1) is 23.6 Å². The molecule has 0 unspecified atom stereocenters. The smallest absolute Gasteiger partial charge is 0.284 e. The minimum Gasteiger partial charge on any atom is -0.506 e. The fourth-order valence-corrected chi connectivity index (χ4v) is 4.78. The average Bonchev–Trinajstić information content (AvgIpc) is 3.50. The van der Waals surface area contributed by atoms with E-state index in [9.17, 15) is 9.90 Å². The Labute approximate surface area is 232 Å². The van der Waals surface area contributed by atoms with Gasteiger partial charge in [-0.25, -0.2) is 11.3 Å². The van der Waals surface area contributed by atoms with Crippen LogP contribution in [0.25, 0.3) is 26.4 Å². The van der Waals surface area contributed by atoms with Gasteiger partial charge in [0.1, 0.15) is 11.3 Å². The SMILES string of the molecule is CC1=NN(c2ccccc2)C(=O)/C1=C(\O)c1ccccc1.[Ir].[c-]1c(-c2ccccn2)sc2ccccc12. The number of fused-ring (bicyclic) bond motifs is 1. The zero-order valence-electron chi connectivity index (χ0n) is 19.8. The number of carbonyl (C=O) groups excluding carboxylic acids is 1. The number of amides is 1. The molecular weight excluding hydrogens is 659 g/mol. The molecule has 0 aliphatic carbocycles. The van der Waals surface area contributed by atoms with Crippen LogP contribution in [0.1, 0.15) is 12.5 Å². The number of benzene rings is 3. The molecule has 37 heavy (non-hydrogen) atoms. The van der Waals surface area contributed by atoms with Crippen LogP contribution >= 0.6 is 11.3 Å². The number of carbonyl (C=O) groups is 1. The third-order valence-electron chi connectivity index (χ3n) is 5.55. The molecule has 1 radical (unpaired) electrons. The van der Waals surface area contributed by atoms with Gasteiger partial charge in [0.15, 0.2) is 0 Å². The van der Waals surface area contributed by atoms with Crippen LogP contribution in [-0.4, -0.2) is 21.7 Å². The van der Waals surface area contributed by atoms with Crippen LogP contribution in [-0.2, 0) is 24.9 Å². The molecule has 7 heteroatoms. The van der Waals surface area contributed by atoms with Crippen molar-refractivity contribution in [3.05, 3.63) is 127 Å². The van der Waals surface area contributed by atoms with Gasteiger partial charge >= 0.3 is 0 Å². The zero-order chi connectivity index (χ0) is 24.9. The number of pyridine rings is 1. The molecule has 1 N–H and O–H groups in total. The van der Waals surface area contributed by atoms with Crippen molar-refractivity contribution in [1.82, 2.24) is 4.98 Å². The van der Waals surface area contributed by atoms with Crippen molar-refractivity contribution in [2.75, 3.05) is 5.01 Å². The quantitative estimate of drug-likeness (QED) is 0.125. The van der Waals surface area contributed by atoms with Gasteiger partial charge in [-0.2, -0.15) is 10.1 Å². The van der Waals surface area contributed by atoms with E-state index in [1.165, 1.54) is 15.1 Å². The Morgan fingerprint density at radius 2 is 1.51 bits per heavy atom. The van der Waals surface area contributed by atoms with E-state index in [0.717, 1.165) is 10.6 Å². The maximum Gasteiger partial charge on any atom is 0.284 e. The summed E-state index contributed by atoms with van der Waals surface area (Å²) in [5.41, 5.74) is 3.02. The van der Waals surface area contributed by atoms with Crippen LogP contribution in [0, 0.1) is 6.07 Å². The number of hydrogen-bond donors (Lipinski definition) is 1. The predicted molar refractivity (Wildman–Crippen MR) is 147 cm³/mol. The molecule has 2 aromatic heterocycles. The Morgan fingerprint density at radius 3 is 2.19 bits per heavy atom. The summed E-state index contributed by atoms with van der Waals surface area (Å²) in [6, 6.07) is 35.7. The second kappa shape index (κ2) is 11.9. The minimum absolute atomic E-state index is 0. The minimum atomic E-state index is -0.319. The fraction of sp³-hybridized carbons (Fsp3) is 0.0333. The van der Waals surface area contributed by atoms with Crippen LogP contribution in [0.2, 0.25) is 0 Å². The van der Waals surface area contributed by atoms with Gasteiger partial charge in [0.2, 0.25) is 0 Å². The normalized spacial score (nSPS) is 13.9. The van der Waals surface area contributed by atoms with Crippen molar-refractivity contribution in [1.29, 1.82) is 0 Å². The molecule has 1 amide bonds. The molecule has 0 bridgehead atoms. The molecule has 185 valence electrons. The van der Waals surface area contributed by atoms with Gasteiger partial charge in [-0.3, -0.25) is 4.79 Å². The predicted octanol–water partition coefficient (Wildman–Crippen LogP) is 7.14. The summed E-state index contributed by atoms with van der Waals surface area (Å²) in [7, 11) is 0. The second-order valence-electron chi connectivity index (χ2n) is 7.99. The van der Waals surface area contributed by atoms with E-state index < -0.39 is 0 Å². The van der Waals surface area contributed by atoms with Crippen LogP contribution in [0.4, 0.5) is 5.69 Å². The van der Waals surface area contributed by atoms with Gasteiger partial charge in [-0.05, 0) is 34.7 Å². The maximum atomic E-state index is 12.5. The number of anilines is 1. The summed E-state index contributed by atoms with van der Waals surface area (Å²) < 4.78 is 1.26. The number of nitrogens with zero attached hydrogens (tertiary/aromatic N) is 3. The number of aliphatic hydroxyl groups excluding tert-OH is 1. The van der Waals surface area contributed by atoms with E-state index in [0.29, 0.717) is 17.0 Å². The summed E-state index contributed by atoms with van der Waals surface area (Å²) in [5.74, 6) is -0.361. The Morgan fingerprint density at radius 1 is 0.865 bits per heavy atom. The molecule has 0 atom stereocenters. The molecular formula is C30H22IrN3O2S-. The maximum absolute atomic E-state index is 12.5. The van der Waals surface area contributed by atoms with Gasteiger partial charge < -0.3 is 10.1 Å². The first kappa shape index (κ1) is 26.2. The standard InChI is InChI=1S/C17H14N2O2.C13H8NS.Ir/c1-12-15(16(20)13-8-4-2-5-9-13)17(21)19(18-12)14-10-6-3-7-11-14;1-2-7-12-10(5-1)9-13(15-12)11-6-3-4-8-14-11;/h2-11,20H,1H3;1-8H;/q;-1;/b16-15-;;. The molecule has 1 aliphatic heterocycles. The summed E-state index contributed by atoms with van der Waals surface area (Å²) in [4.78, 5) is 18.0. The Balaban J connectivity index is 0.000000177. The van der Waals surface area contributed by atoms with Gasteiger partial charge in [0, 0.05) is 37.6 Å². The molecule has 5 aromatic rings. The van der Waals surface area contributed by atoms with Crippen molar-refractivity contribution in [3.63, 3.8) is 0 Å². The summed E-state index contributed by atoms with van der Waals surface area (Å²) in [5, 5.41) is 17.1. The third-order valence-corrected chi connectivity index (χ3v) is 6.64. The number of thiophene rings is 1. The van der Waals surface area contributed by atoms with Gasteiger partial charge in [0.05, 0.1) is 11.4 Å². The van der Waals surface area contributed by atoms with E-state index >= 15 is 0 Å². The van der Waals surface area contributed by atoms with Gasteiger partial charge in [0.25, 0.3) is 5.91 Å². The zero-order valence-corrected chi connectivity index (χ0v) is 23.0. The second-order valence-corrected chi connectivity index (χ2v) is 9.05. The number of aliphatic hydroxyl groups is 1. The van der Waals surface area contributed by atoms with E-state index in [4.69, 9.17) is 0 Å². The summed E-state index contributed by atoms with van der Waals surface area (Å²) in [6.45, 7) is 1.72. The van der Waals surface area contributed by atoms with Crippen molar-refractivity contribution < 1.29 is 30.0 Å². The molecule has 3 aromatic carbocycles. The van der Waals surface area contributed by atoms with Crippen molar-refractivity contribution in [3.8, 4) is 10.6 Å². The molecule has 0 fully saturated rings. The van der Waals surface area contributed by atoms with Crippen molar-refractivity contribution in [2.45, 2.75) is 6.92 Å².